The lowest BCUT2D eigenvalue weighted by Gasteiger charge is -2.09. The highest BCUT2D eigenvalue weighted by Gasteiger charge is 2.13. The Hall–Kier alpha value is -3.34. The van der Waals surface area contributed by atoms with Gasteiger partial charge in [-0.1, -0.05) is 23.8 Å². The summed E-state index contributed by atoms with van der Waals surface area (Å²) in [4.78, 5) is 23.4. The highest BCUT2D eigenvalue weighted by Crippen LogP contribution is 2.28. The van der Waals surface area contributed by atoms with Crippen molar-refractivity contribution in [2.24, 2.45) is 0 Å². The van der Waals surface area contributed by atoms with Crippen LogP contribution < -0.4 is 5.32 Å². The van der Waals surface area contributed by atoms with E-state index in [2.05, 4.69) is 5.32 Å². The van der Waals surface area contributed by atoms with Gasteiger partial charge in [-0.15, -0.1) is 0 Å². The van der Waals surface area contributed by atoms with E-state index in [1.807, 2.05) is 38.1 Å². The molecule has 3 rings (SSSR count). The lowest BCUT2D eigenvalue weighted by Crippen LogP contribution is -2.12. The third-order valence-corrected chi connectivity index (χ3v) is 3.86. The van der Waals surface area contributed by atoms with E-state index in [4.69, 9.17) is 9.52 Å². The fraction of sp³-hybridized carbons (Fsp3) is 0.100. The topological polar surface area (TPSA) is 79.5 Å². The van der Waals surface area contributed by atoms with Crippen LogP contribution in [0.5, 0.6) is 0 Å². The number of carboxylic acid groups (broad SMARTS) is 1. The Bertz CT molecular complexity index is 956. The predicted molar refractivity (Wildman–Crippen MR) is 95.0 cm³/mol. The Kier molecular flexibility index (Phi) is 4.39. The number of carbonyl (C=O) groups is 2. The molecule has 1 heterocycles. The van der Waals surface area contributed by atoms with Gasteiger partial charge in [0.2, 0.25) is 5.76 Å². The van der Waals surface area contributed by atoms with E-state index < -0.39 is 5.97 Å². The number of aromatic carboxylic acids is 1. The minimum Gasteiger partial charge on any atom is -0.475 e. The molecule has 0 aliphatic rings. The second-order valence-corrected chi connectivity index (χ2v) is 5.82. The van der Waals surface area contributed by atoms with Gasteiger partial charge in [-0.3, -0.25) is 4.79 Å². The molecule has 0 radical (unpaired) electrons. The van der Waals surface area contributed by atoms with Gasteiger partial charge in [0, 0.05) is 16.8 Å². The Morgan fingerprint density at radius 2 is 1.80 bits per heavy atom. The summed E-state index contributed by atoms with van der Waals surface area (Å²) < 4.78 is 5.36. The lowest BCUT2D eigenvalue weighted by atomic mass is 10.1. The van der Waals surface area contributed by atoms with Gasteiger partial charge in [0.05, 0.1) is 0 Å². The molecule has 1 amide bonds. The van der Waals surface area contributed by atoms with Gasteiger partial charge in [-0.05, 0) is 55.8 Å². The zero-order chi connectivity index (χ0) is 18.0. The van der Waals surface area contributed by atoms with Gasteiger partial charge in [0.15, 0.2) is 0 Å². The smallest absolute Gasteiger partial charge is 0.371 e. The fourth-order valence-corrected chi connectivity index (χ4v) is 2.55. The zero-order valence-corrected chi connectivity index (χ0v) is 13.9. The van der Waals surface area contributed by atoms with E-state index in [-0.39, 0.29) is 11.7 Å². The first-order valence-corrected chi connectivity index (χ1v) is 7.76. The molecule has 0 aliphatic carbocycles. The molecule has 3 aromatic rings. The molecular weight excluding hydrogens is 318 g/mol. The second kappa shape index (κ2) is 6.65. The molecule has 0 unspecified atom stereocenters. The molecule has 2 aromatic carbocycles. The number of amides is 1. The van der Waals surface area contributed by atoms with Crippen LogP contribution in [0.25, 0.3) is 11.3 Å². The first kappa shape index (κ1) is 16.5. The van der Waals surface area contributed by atoms with E-state index in [9.17, 15) is 9.59 Å². The molecular formula is C20H17NO4. The molecule has 0 bridgehead atoms. The number of carboxylic acids is 1. The van der Waals surface area contributed by atoms with Crippen molar-refractivity contribution in [3.05, 3.63) is 77.0 Å². The SMILES string of the molecule is Cc1cccc(C(=O)Nc2ccc(C)c(-c3ccc(C(=O)O)o3)c2)c1. The number of aryl methyl sites for hydroxylation is 2. The van der Waals surface area contributed by atoms with E-state index in [1.54, 1.807) is 24.3 Å². The highest BCUT2D eigenvalue weighted by atomic mass is 16.4. The quantitative estimate of drug-likeness (QED) is 0.735. The molecule has 0 fully saturated rings. The van der Waals surface area contributed by atoms with Crippen LogP contribution in [0.2, 0.25) is 0 Å². The van der Waals surface area contributed by atoms with Gasteiger partial charge in [0.1, 0.15) is 5.76 Å². The normalized spacial score (nSPS) is 10.5. The summed E-state index contributed by atoms with van der Waals surface area (Å²) in [5.74, 6) is -0.998. The molecule has 5 heteroatoms. The fourth-order valence-electron chi connectivity index (χ4n) is 2.55. The first-order chi connectivity index (χ1) is 11.9. The molecule has 25 heavy (non-hydrogen) atoms. The molecule has 0 spiro atoms. The van der Waals surface area contributed by atoms with Crippen LogP contribution in [0.1, 0.15) is 32.0 Å². The molecule has 5 nitrogen and oxygen atoms in total. The summed E-state index contributed by atoms with van der Waals surface area (Å²) in [6.45, 7) is 3.82. The van der Waals surface area contributed by atoms with Crippen LogP contribution in [0.4, 0.5) is 5.69 Å². The van der Waals surface area contributed by atoms with Gasteiger partial charge in [0.25, 0.3) is 5.91 Å². The van der Waals surface area contributed by atoms with E-state index >= 15 is 0 Å². The standard InChI is InChI=1S/C20H17NO4/c1-12-4-3-5-14(10-12)19(22)21-15-7-6-13(2)16(11-15)17-8-9-18(25-17)20(23)24/h3-11H,1-2H3,(H,21,22)(H,23,24). The van der Waals surface area contributed by atoms with Crippen molar-refractivity contribution in [3.63, 3.8) is 0 Å². The molecule has 126 valence electrons. The number of benzene rings is 2. The minimum absolute atomic E-state index is 0.122. The number of hydrogen-bond acceptors (Lipinski definition) is 3. The molecule has 0 saturated heterocycles. The maximum Gasteiger partial charge on any atom is 0.371 e. The van der Waals surface area contributed by atoms with Gasteiger partial charge >= 0.3 is 5.97 Å². The van der Waals surface area contributed by atoms with Crippen molar-refractivity contribution in [1.82, 2.24) is 0 Å². The van der Waals surface area contributed by atoms with Crippen molar-refractivity contribution in [2.75, 3.05) is 5.32 Å². The van der Waals surface area contributed by atoms with Crippen molar-refractivity contribution < 1.29 is 19.1 Å². The van der Waals surface area contributed by atoms with Crippen molar-refractivity contribution in [2.45, 2.75) is 13.8 Å². The lowest BCUT2D eigenvalue weighted by molar-refractivity contribution is 0.0663. The Balaban J connectivity index is 1.88. The monoisotopic (exact) mass is 335 g/mol. The van der Waals surface area contributed by atoms with Crippen LogP contribution >= 0.6 is 0 Å². The number of nitrogens with one attached hydrogen (secondary N) is 1. The number of rotatable bonds is 4. The maximum atomic E-state index is 12.4. The maximum absolute atomic E-state index is 12.4. The van der Waals surface area contributed by atoms with Crippen LogP contribution in [0.3, 0.4) is 0 Å². The van der Waals surface area contributed by atoms with E-state index in [0.717, 1.165) is 16.7 Å². The second-order valence-electron chi connectivity index (χ2n) is 5.82. The number of furan rings is 1. The van der Waals surface area contributed by atoms with Crippen LogP contribution in [0.15, 0.2) is 59.0 Å². The number of anilines is 1. The first-order valence-electron chi connectivity index (χ1n) is 7.76. The van der Waals surface area contributed by atoms with Crippen molar-refractivity contribution in [1.29, 1.82) is 0 Å². The molecule has 0 saturated carbocycles. The van der Waals surface area contributed by atoms with Gasteiger partial charge in [-0.2, -0.15) is 0 Å². The number of carbonyl (C=O) groups excluding carboxylic acids is 1. The number of hydrogen-bond donors (Lipinski definition) is 2. The highest BCUT2D eigenvalue weighted by molar-refractivity contribution is 6.04. The molecule has 2 N–H and O–H groups in total. The van der Waals surface area contributed by atoms with Crippen molar-refractivity contribution in [3.8, 4) is 11.3 Å². The summed E-state index contributed by atoms with van der Waals surface area (Å²) in [6.07, 6.45) is 0. The van der Waals surface area contributed by atoms with Crippen LogP contribution in [-0.2, 0) is 0 Å². The summed E-state index contributed by atoms with van der Waals surface area (Å²) in [6, 6.07) is 15.8. The summed E-state index contributed by atoms with van der Waals surface area (Å²) in [5.41, 5.74) is 3.84. The van der Waals surface area contributed by atoms with E-state index in [1.165, 1.54) is 6.07 Å². The average Bonchev–Trinajstić information content (AvgIpc) is 3.06. The minimum atomic E-state index is -1.12. The summed E-state index contributed by atoms with van der Waals surface area (Å²) in [7, 11) is 0. The Morgan fingerprint density at radius 3 is 2.48 bits per heavy atom. The van der Waals surface area contributed by atoms with Gasteiger partial charge in [-0.25, -0.2) is 4.79 Å². The van der Waals surface area contributed by atoms with Gasteiger partial charge < -0.3 is 14.8 Å². The largest absolute Gasteiger partial charge is 0.475 e. The van der Waals surface area contributed by atoms with Crippen molar-refractivity contribution >= 4 is 17.6 Å². The van der Waals surface area contributed by atoms with E-state index in [0.29, 0.717) is 17.0 Å². The predicted octanol–water partition coefficient (Wildman–Crippen LogP) is 4.51. The molecule has 0 atom stereocenters. The molecule has 1 aromatic heterocycles. The third kappa shape index (κ3) is 3.61. The van der Waals surface area contributed by atoms with Crippen LogP contribution in [0, 0.1) is 13.8 Å². The average molecular weight is 335 g/mol. The summed E-state index contributed by atoms with van der Waals surface area (Å²) >= 11 is 0. The summed E-state index contributed by atoms with van der Waals surface area (Å²) in [5, 5.41) is 11.8. The Morgan fingerprint density at radius 1 is 1.00 bits per heavy atom. The Labute approximate surface area is 144 Å². The van der Waals surface area contributed by atoms with Crippen LogP contribution in [-0.4, -0.2) is 17.0 Å². The zero-order valence-electron chi connectivity index (χ0n) is 13.9. The third-order valence-electron chi connectivity index (χ3n) is 3.86. The molecule has 0 aliphatic heterocycles.